The van der Waals surface area contributed by atoms with E-state index in [2.05, 4.69) is 29.6 Å². The first-order valence-corrected chi connectivity index (χ1v) is 12.8. The molecule has 8 heteroatoms. The Bertz CT molecular complexity index is 1340. The number of nitrogen functional groups attached to an aromatic ring is 1. The molecule has 1 heterocycles. The van der Waals surface area contributed by atoms with Gasteiger partial charge in [0.05, 0.1) is 11.2 Å². The maximum atomic E-state index is 13.6. The second kappa shape index (κ2) is 9.93. The Balaban J connectivity index is 1.31. The van der Waals surface area contributed by atoms with Gasteiger partial charge in [0.25, 0.3) is 0 Å². The second-order valence-electron chi connectivity index (χ2n) is 10.8. The Hall–Kier alpha value is -3.62. The van der Waals surface area contributed by atoms with E-state index in [0.717, 1.165) is 11.1 Å². The Morgan fingerprint density at radius 3 is 2.16 bits per heavy atom. The van der Waals surface area contributed by atoms with E-state index in [-0.39, 0.29) is 24.8 Å². The van der Waals surface area contributed by atoms with Gasteiger partial charge in [-0.15, -0.1) is 0 Å². The number of rotatable bonds is 6. The third-order valence-electron chi connectivity index (χ3n) is 7.73. The van der Waals surface area contributed by atoms with Crippen molar-refractivity contribution < 1.29 is 23.2 Å². The molecule has 0 bridgehead atoms. The largest absolute Gasteiger partial charge is 0.492 e. The second-order valence-corrected chi connectivity index (χ2v) is 10.8. The van der Waals surface area contributed by atoms with Gasteiger partial charge in [0.15, 0.2) is 0 Å². The average molecular weight is 514 g/mol. The molecule has 1 aliphatic heterocycles. The first kappa shape index (κ1) is 26.0. The van der Waals surface area contributed by atoms with Crippen LogP contribution in [-0.4, -0.2) is 37.6 Å². The first-order chi connectivity index (χ1) is 18.1. The lowest BCUT2D eigenvalue weighted by molar-refractivity contribution is 0.00578. The zero-order valence-corrected chi connectivity index (χ0v) is 22.1. The van der Waals surface area contributed by atoms with E-state index in [1.54, 1.807) is 12.1 Å². The summed E-state index contributed by atoms with van der Waals surface area (Å²) >= 11 is 0. The van der Waals surface area contributed by atoms with Crippen LogP contribution in [0.5, 0.6) is 0 Å². The van der Waals surface area contributed by atoms with E-state index < -0.39 is 30.2 Å². The van der Waals surface area contributed by atoms with Crippen molar-refractivity contribution in [3.8, 4) is 11.1 Å². The van der Waals surface area contributed by atoms with Crippen LogP contribution in [0.3, 0.4) is 0 Å². The lowest BCUT2D eigenvalue weighted by Gasteiger charge is -2.32. The molecule has 196 valence electrons. The maximum Gasteiger partial charge on any atom is 0.492 e. The molecule has 1 amide bonds. The van der Waals surface area contributed by atoms with Crippen LogP contribution in [0, 0.1) is 5.82 Å². The molecule has 1 saturated heterocycles. The van der Waals surface area contributed by atoms with Gasteiger partial charge in [0.2, 0.25) is 0 Å². The molecular weight excluding hydrogens is 482 g/mol. The topological polar surface area (TPSA) is 82.8 Å². The van der Waals surface area contributed by atoms with Gasteiger partial charge in [-0.3, -0.25) is 0 Å². The third-order valence-corrected chi connectivity index (χ3v) is 7.73. The summed E-state index contributed by atoms with van der Waals surface area (Å²) in [5, 5.41) is 2.83. The van der Waals surface area contributed by atoms with Crippen LogP contribution >= 0.6 is 0 Å². The highest BCUT2D eigenvalue weighted by atomic mass is 19.1. The van der Waals surface area contributed by atoms with Gasteiger partial charge >= 0.3 is 13.2 Å². The van der Waals surface area contributed by atoms with Gasteiger partial charge in [-0.05, 0) is 73.1 Å². The predicted molar refractivity (Wildman–Crippen MR) is 148 cm³/mol. The van der Waals surface area contributed by atoms with E-state index in [0.29, 0.717) is 11.0 Å². The van der Waals surface area contributed by atoms with E-state index >= 15 is 0 Å². The molecule has 3 N–H and O–H groups in total. The minimum Gasteiger partial charge on any atom is -0.449 e. The number of nitrogens with one attached hydrogen (secondary N) is 1. The van der Waals surface area contributed by atoms with Crippen molar-refractivity contribution in [2.75, 3.05) is 18.9 Å². The number of hydrogen-bond acceptors (Lipinski definition) is 5. The normalized spacial score (nSPS) is 17.7. The molecule has 6 nitrogen and oxygen atoms in total. The number of anilines is 1. The lowest BCUT2D eigenvalue weighted by atomic mass is 9.77. The number of nitrogens with two attached hydrogens (primary N) is 1. The molecule has 0 aromatic heterocycles. The fraction of sp³-hybridized carbons (Fsp3) is 0.300. The molecule has 3 aromatic carbocycles. The van der Waals surface area contributed by atoms with Crippen molar-refractivity contribution in [3.05, 3.63) is 94.7 Å². The number of amides is 1. The van der Waals surface area contributed by atoms with Gasteiger partial charge in [-0.2, -0.15) is 0 Å². The molecule has 1 fully saturated rings. The van der Waals surface area contributed by atoms with Crippen molar-refractivity contribution in [2.24, 2.45) is 0 Å². The fourth-order valence-corrected chi connectivity index (χ4v) is 4.90. The predicted octanol–water partition coefficient (Wildman–Crippen LogP) is 5.96. The van der Waals surface area contributed by atoms with Gasteiger partial charge in [-0.1, -0.05) is 60.7 Å². The number of halogens is 1. The highest BCUT2D eigenvalue weighted by Gasteiger charge is 2.52. The summed E-state index contributed by atoms with van der Waals surface area (Å²) in [6, 6.07) is 20.6. The number of fused-ring (bicyclic) bond motifs is 3. The smallest absolute Gasteiger partial charge is 0.449 e. The summed E-state index contributed by atoms with van der Waals surface area (Å²) in [5.41, 5.74) is 11.0. The monoisotopic (exact) mass is 514 g/mol. The minimum atomic E-state index is -0.724. The van der Waals surface area contributed by atoms with Crippen LogP contribution in [0.15, 0.2) is 72.2 Å². The number of ether oxygens (including phenoxy) is 1. The molecule has 5 rings (SSSR count). The summed E-state index contributed by atoms with van der Waals surface area (Å²) < 4.78 is 31.7. The van der Waals surface area contributed by atoms with E-state index in [1.807, 2.05) is 52.0 Å². The Kier molecular flexibility index (Phi) is 6.80. The fourth-order valence-electron chi connectivity index (χ4n) is 4.90. The molecule has 0 spiro atoms. The van der Waals surface area contributed by atoms with Crippen LogP contribution in [0.25, 0.3) is 17.2 Å². The summed E-state index contributed by atoms with van der Waals surface area (Å²) in [5.74, 6) is -0.459. The van der Waals surface area contributed by atoms with Gasteiger partial charge in [0.1, 0.15) is 12.4 Å². The van der Waals surface area contributed by atoms with Crippen LogP contribution in [0.4, 0.5) is 14.9 Å². The Morgan fingerprint density at radius 1 is 1.00 bits per heavy atom. The van der Waals surface area contributed by atoms with Gasteiger partial charge in [0, 0.05) is 18.2 Å². The molecule has 2 aliphatic rings. The molecule has 38 heavy (non-hydrogen) atoms. The average Bonchev–Trinajstić information content (AvgIpc) is 3.30. The van der Waals surface area contributed by atoms with E-state index in [9.17, 15) is 9.18 Å². The molecular formula is C30H32BFN2O4. The number of alkyl carbamates (subject to hydrolysis) is 1. The summed E-state index contributed by atoms with van der Waals surface area (Å²) in [6.07, 6.45) is 1.21. The molecule has 1 aliphatic carbocycles. The molecule has 0 unspecified atom stereocenters. The van der Waals surface area contributed by atoms with Crippen molar-refractivity contribution in [1.82, 2.24) is 5.32 Å². The maximum absolute atomic E-state index is 13.6. The highest BCUT2D eigenvalue weighted by Crippen LogP contribution is 2.44. The lowest BCUT2D eigenvalue weighted by Crippen LogP contribution is -2.41. The van der Waals surface area contributed by atoms with E-state index in [1.165, 1.54) is 23.3 Å². The first-order valence-electron chi connectivity index (χ1n) is 12.8. The number of carbonyl (C=O) groups is 1. The van der Waals surface area contributed by atoms with Crippen molar-refractivity contribution in [1.29, 1.82) is 0 Å². The van der Waals surface area contributed by atoms with Crippen LogP contribution in [-0.2, 0) is 14.0 Å². The van der Waals surface area contributed by atoms with E-state index in [4.69, 9.17) is 19.8 Å². The van der Waals surface area contributed by atoms with Gasteiger partial charge in [-0.25, -0.2) is 9.18 Å². The molecule has 0 atom stereocenters. The van der Waals surface area contributed by atoms with Crippen molar-refractivity contribution in [2.45, 2.75) is 44.8 Å². The Labute approximate surface area is 223 Å². The number of carbonyl (C=O) groups excluding carboxylic acids is 1. The standard InChI is InChI=1S/C30H32BFN2O4/c1-29(2)30(3,4)38-31(37-29)20(15-19-13-14-21(32)16-27(19)33)17-34-28(35)36-18-26-24-11-7-5-9-22(24)23-10-6-8-12-25(23)26/h5-16,26H,17-18,33H2,1-4H3,(H,34,35). The van der Waals surface area contributed by atoms with Crippen LogP contribution in [0.2, 0.25) is 0 Å². The minimum absolute atomic E-state index is 0.0368. The summed E-state index contributed by atoms with van der Waals surface area (Å²) in [4.78, 5) is 12.8. The SMILES string of the molecule is CC1(C)OB(C(=Cc2ccc(F)cc2N)CNC(=O)OCC2c3ccccc3-c3ccccc32)OC1(C)C. The van der Waals surface area contributed by atoms with Crippen LogP contribution < -0.4 is 11.1 Å². The number of hydrogen-bond donors (Lipinski definition) is 2. The zero-order valence-electron chi connectivity index (χ0n) is 22.1. The molecule has 0 radical (unpaired) electrons. The highest BCUT2D eigenvalue weighted by molar-refractivity contribution is 6.56. The third kappa shape index (κ3) is 4.94. The summed E-state index contributed by atoms with van der Waals surface area (Å²) in [6.45, 7) is 8.13. The Morgan fingerprint density at radius 2 is 1.58 bits per heavy atom. The quantitative estimate of drug-likeness (QED) is 0.313. The van der Waals surface area contributed by atoms with Gasteiger partial charge < -0.3 is 25.1 Å². The molecule has 3 aromatic rings. The zero-order chi connectivity index (χ0) is 27.1. The molecule has 0 saturated carbocycles. The number of benzene rings is 3. The van der Waals surface area contributed by atoms with Crippen molar-refractivity contribution in [3.63, 3.8) is 0 Å². The summed E-state index contributed by atoms with van der Waals surface area (Å²) in [7, 11) is -0.724. The van der Waals surface area contributed by atoms with Crippen LogP contribution in [0.1, 0.15) is 50.3 Å². The van der Waals surface area contributed by atoms with Crippen molar-refractivity contribution >= 4 is 25.0 Å².